The summed E-state index contributed by atoms with van der Waals surface area (Å²) >= 11 is 6.40. The third-order valence-electron chi connectivity index (χ3n) is 6.82. The second kappa shape index (κ2) is 8.99. The highest BCUT2D eigenvalue weighted by atomic mass is 35.5. The fourth-order valence-electron chi connectivity index (χ4n) is 5.04. The van der Waals surface area contributed by atoms with E-state index >= 15 is 0 Å². The molecule has 4 heterocycles. The largest absolute Gasteiger partial charge is 0.272 e. The molecule has 1 saturated heterocycles. The standard InChI is InChI=1S/C24H27ClFN5O2/c1-14-21(26)11-19(12-27-14)22-7-8-33-31(22)24(32)18-5-3-16(4-6-18)9-17-10-20(25)23-28-15(2)29-30(23)13-17/h10-13,16,18,22H,3-9H2,1-2H3/t16-,18-,22-/m0/s1. The van der Waals surface area contributed by atoms with Crippen LogP contribution in [-0.2, 0) is 16.1 Å². The minimum absolute atomic E-state index is 0.000474. The molecular weight excluding hydrogens is 445 g/mol. The number of carbonyl (C=O) groups is 1. The van der Waals surface area contributed by atoms with Crippen molar-refractivity contribution in [2.24, 2.45) is 11.8 Å². The summed E-state index contributed by atoms with van der Waals surface area (Å²) in [4.78, 5) is 27.4. The van der Waals surface area contributed by atoms with Gasteiger partial charge in [0.1, 0.15) is 11.6 Å². The maximum absolute atomic E-state index is 14.0. The van der Waals surface area contributed by atoms with Crippen molar-refractivity contribution in [2.45, 2.75) is 58.4 Å². The number of nitrogens with zero attached hydrogens (tertiary/aromatic N) is 5. The van der Waals surface area contributed by atoms with E-state index in [4.69, 9.17) is 16.4 Å². The topological polar surface area (TPSA) is 72.6 Å². The number of aromatic nitrogens is 4. The highest BCUT2D eigenvalue weighted by molar-refractivity contribution is 6.33. The molecule has 33 heavy (non-hydrogen) atoms. The Bertz CT molecular complexity index is 1190. The molecule has 0 N–H and O–H groups in total. The molecule has 7 nitrogen and oxygen atoms in total. The van der Waals surface area contributed by atoms with Crippen LogP contribution in [0.5, 0.6) is 0 Å². The van der Waals surface area contributed by atoms with Crippen molar-refractivity contribution in [3.05, 3.63) is 58.0 Å². The van der Waals surface area contributed by atoms with Gasteiger partial charge in [0.15, 0.2) is 5.65 Å². The molecule has 3 aromatic heterocycles. The molecule has 0 bridgehead atoms. The van der Waals surface area contributed by atoms with Gasteiger partial charge in [0.2, 0.25) is 5.91 Å². The molecule has 5 rings (SSSR count). The molecule has 174 valence electrons. The van der Waals surface area contributed by atoms with Gasteiger partial charge in [0.25, 0.3) is 0 Å². The van der Waals surface area contributed by atoms with Crippen molar-refractivity contribution in [3.63, 3.8) is 0 Å². The molecule has 1 saturated carbocycles. The Morgan fingerprint density at radius 3 is 2.76 bits per heavy atom. The minimum Gasteiger partial charge on any atom is -0.272 e. The Morgan fingerprint density at radius 1 is 1.21 bits per heavy atom. The monoisotopic (exact) mass is 471 g/mol. The molecule has 2 aliphatic rings. The number of hydroxylamine groups is 2. The van der Waals surface area contributed by atoms with Crippen molar-refractivity contribution < 1.29 is 14.0 Å². The fraction of sp³-hybridized carbons (Fsp3) is 0.500. The molecule has 2 fully saturated rings. The van der Waals surface area contributed by atoms with Crippen LogP contribution in [0.4, 0.5) is 4.39 Å². The van der Waals surface area contributed by atoms with Crippen molar-refractivity contribution in [1.82, 2.24) is 24.6 Å². The lowest BCUT2D eigenvalue weighted by Gasteiger charge is -2.32. The number of pyridine rings is 2. The smallest absolute Gasteiger partial charge is 0.249 e. The van der Waals surface area contributed by atoms with Crippen molar-refractivity contribution in [2.75, 3.05) is 6.61 Å². The van der Waals surface area contributed by atoms with Crippen LogP contribution in [0, 0.1) is 31.5 Å². The number of amides is 1. The lowest BCUT2D eigenvalue weighted by atomic mass is 9.79. The molecular formula is C24H27ClFN5O2. The minimum atomic E-state index is -0.355. The first-order chi connectivity index (χ1) is 15.9. The van der Waals surface area contributed by atoms with E-state index in [2.05, 4.69) is 15.1 Å². The Kier molecular flexibility index (Phi) is 6.05. The van der Waals surface area contributed by atoms with Gasteiger partial charge in [-0.25, -0.2) is 19.0 Å². The van der Waals surface area contributed by atoms with Crippen LogP contribution in [0.2, 0.25) is 5.02 Å². The molecule has 1 aliphatic heterocycles. The molecule has 0 spiro atoms. The number of rotatable bonds is 4. The summed E-state index contributed by atoms with van der Waals surface area (Å²) in [6, 6.07) is 3.16. The maximum atomic E-state index is 14.0. The zero-order valence-corrected chi connectivity index (χ0v) is 19.6. The molecule has 0 radical (unpaired) electrons. The van der Waals surface area contributed by atoms with Crippen LogP contribution < -0.4 is 0 Å². The Labute approximate surface area is 196 Å². The Balaban J connectivity index is 1.21. The third kappa shape index (κ3) is 4.46. The van der Waals surface area contributed by atoms with E-state index in [0.717, 1.165) is 37.7 Å². The SMILES string of the molecule is Cc1nc2c(Cl)cc(C[C@H]3CC[C@H](C(=O)N4OCC[C@H]4c4cnc(C)c(F)c4)CC3)cn2n1. The second-order valence-corrected chi connectivity index (χ2v) is 9.59. The van der Waals surface area contributed by atoms with Gasteiger partial charge < -0.3 is 0 Å². The first kappa shape index (κ1) is 22.2. The van der Waals surface area contributed by atoms with Crippen LogP contribution in [0.1, 0.15) is 60.8 Å². The fourth-order valence-corrected chi connectivity index (χ4v) is 5.30. The highest BCUT2D eigenvalue weighted by Crippen LogP contribution is 2.37. The number of halogens is 2. The van der Waals surface area contributed by atoms with E-state index in [1.54, 1.807) is 17.6 Å². The quantitative estimate of drug-likeness (QED) is 0.547. The van der Waals surface area contributed by atoms with Crippen molar-refractivity contribution in [3.8, 4) is 0 Å². The average Bonchev–Trinajstić information content (AvgIpc) is 3.42. The zero-order chi connectivity index (χ0) is 23.1. The van der Waals surface area contributed by atoms with Gasteiger partial charge in [0, 0.05) is 24.7 Å². The van der Waals surface area contributed by atoms with Gasteiger partial charge in [-0.05, 0) is 75.1 Å². The summed E-state index contributed by atoms with van der Waals surface area (Å²) in [7, 11) is 0. The Hall–Kier alpha value is -2.58. The summed E-state index contributed by atoms with van der Waals surface area (Å²) in [6.45, 7) is 3.93. The van der Waals surface area contributed by atoms with Crippen molar-refractivity contribution >= 4 is 23.2 Å². The summed E-state index contributed by atoms with van der Waals surface area (Å²) < 4.78 is 15.8. The summed E-state index contributed by atoms with van der Waals surface area (Å²) in [5.74, 6) is 0.748. The van der Waals surface area contributed by atoms with Crippen LogP contribution in [-0.4, -0.2) is 37.2 Å². The zero-order valence-electron chi connectivity index (χ0n) is 18.8. The predicted molar refractivity (Wildman–Crippen MR) is 121 cm³/mol. The number of carbonyl (C=O) groups excluding carboxylic acids is 1. The number of fused-ring (bicyclic) bond motifs is 1. The number of hydrogen-bond donors (Lipinski definition) is 0. The molecule has 1 atom stereocenters. The lowest BCUT2D eigenvalue weighted by molar-refractivity contribution is -0.183. The van der Waals surface area contributed by atoms with Crippen LogP contribution in [0.3, 0.4) is 0 Å². The van der Waals surface area contributed by atoms with Gasteiger partial charge in [-0.1, -0.05) is 11.6 Å². The first-order valence-corrected chi connectivity index (χ1v) is 11.9. The molecule has 0 aromatic carbocycles. The highest BCUT2D eigenvalue weighted by Gasteiger charge is 2.37. The normalized spacial score (nSPS) is 23.4. The van der Waals surface area contributed by atoms with Crippen LogP contribution in [0.25, 0.3) is 5.65 Å². The van der Waals surface area contributed by atoms with E-state index in [-0.39, 0.29) is 23.7 Å². The predicted octanol–water partition coefficient (Wildman–Crippen LogP) is 4.79. The average molecular weight is 472 g/mol. The Morgan fingerprint density at radius 2 is 2.00 bits per heavy atom. The molecule has 1 amide bonds. The van der Waals surface area contributed by atoms with Gasteiger partial charge in [0.05, 0.1) is 23.4 Å². The van der Waals surface area contributed by atoms with Gasteiger partial charge in [-0.15, -0.1) is 0 Å². The van der Waals surface area contributed by atoms with Gasteiger partial charge in [-0.3, -0.25) is 14.6 Å². The molecule has 3 aromatic rings. The van der Waals surface area contributed by atoms with E-state index < -0.39 is 0 Å². The van der Waals surface area contributed by atoms with Crippen molar-refractivity contribution in [1.29, 1.82) is 0 Å². The molecule has 0 unspecified atom stereocenters. The number of hydrogen-bond acceptors (Lipinski definition) is 5. The van der Waals surface area contributed by atoms with Gasteiger partial charge >= 0.3 is 0 Å². The van der Waals surface area contributed by atoms with Crippen LogP contribution >= 0.6 is 11.6 Å². The van der Waals surface area contributed by atoms with Crippen LogP contribution in [0.15, 0.2) is 24.5 Å². The van der Waals surface area contributed by atoms with E-state index in [1.165, 1.54) is 11.1 Å². The summed E-state index contributed by atoms with van der Waals surface area (Å²) in [6.07, 6.45) is 8.74. The van der Waals surface area contributed by atoms with E-state index in [1.807, 2.05) is 19.2 Å². The summed E-state index contributed by atoms with van der Waals surface area (Å²) in [5.41, 5.74) is 2.85. The summed E-state index contributed by atoms with van der Waals surface area (Å²) in [5, 5.41) is 6.46. The molecule has 1 aliphatic carbocycles. The first-order valence-electron chi connectivity index (χ1n) is 11.5. The van der Waals surface area contributed by atoms with E-state index in [0.29, 0.717) is 46.7 Å². The number of aryl methyl sites for hydroxylation is 2. The maximum Gasteiger partial charge on any atom is 0.249 e. The van der Waals surface area contributed by atoms with Gasteiger partial charge in [-0.2, -0.15) is 5.10 Å². The van der Waals surface area contributed by atoms with E-state index in [9.17, 15) is 9.18 Å². The second-order valence-electron chi connectivity index (χ2n) is 9.18. The lowest BCUT2D eigenvalue weighted by Crippen LogP contribution is -2.36. The molecule has 9 heteroatoms. The third-order valence-corrected chi connectivity index (χ3v) is 7.10.